The molecule has 20 heavy (non-hydrogen) atoms. The molecule has 0 fully saturated rings. The fraction of sp³-hybridized carbons (Fsp3) is 0.133. The lowest BCUT2D eigenvalue weighted by Gasteiger charge is -2.12. The molecule has 0 saturated carbocycles. The molecule has 5 heteroatoms. The summed E-state index contributed by atoms with van der Waals surface area (Å²) >= 11 is 0. The third-order valence-electron chi connectivity index (χ3n) is 2.75. The highest BCUT2D eigenvalue weighted by atomic mass is 16.5. The number of rotatable bonds is 3. The number of nitrogen functional groups attached to an aromatic ring is 1. The number of urea groups is 1. The predicted octanol–water partition coefficient (Wildman–Crippen LogP) is 3.23. The van der Waals surface area contributed by atoms with Crippen molar-refractivity contribution in [3.05, 3.63) is 48.0 Å². The summed E-state index contributed by atoms with van der Waals surface area (Å²) in [7, 11) is 1.56. The average Bonchev–Trinajstić information content (AvgIpc) is 2.38. The van der Waals surface area contributed by atoms with Gasteiger partial charge in [-0.25, -0.2) is 4.79 Å². The minimum atomic E-state index is -0.348. The lowest BCUT2D eigenvalue weighted by Crippen LogP contribution is -2.19. The summed E-state index contributed by atoms with van der Waals surface area (Å²) < 4.78 is 5.21. The molecule has 104 valence electrons. The number of nitrogens with two attached hydrogens (primary N) is 1. The van der Waals surface area contributed by atoms with Crippen LogP contribution in [0.2, 0.25) is 0 Å². The Kier molecular flexibility index (Phi) is 4.10. The van der Waals surface area contributed by atoms with Crippen molar-refractivity contribution in [1.29, 1.82) is 0 Å². The molecule has 0 aliphatic heterocycles. The Morgan fingerprint density at radius 1 is 1.15 bits per heavy atom. The van der Waals surface area contributed by atoms with Gasteiger partial charge in [0.15, 0.2) is 0 Å². The summed E-state index contributed by atoms with van der Waals surface area (Å²) in [5.41, 5.74) is 8.54. The molecule has 2 aromatic carbocycles. The third-order valence-corrected chi connectivity index (χ3v) is 2.75. The Morgan fingerprint density at radius 2 is 1.95 bits per heavy atom. The van der Waals surface area contributed by atoms with E-state index in [0.29, 0.717) is 22.8 Å². The fourth-order valence-corrected chi connectivity index (χ4v) is 1.82. The quantitative estimate of drug-likeness (QED) is 0.750. The number of hydrogen-bond acceptors (Lipinski definition) is 3. The van der Waals surface area contributed by atoms with Crippen molar-refractivity contribution < 1.29 is 9.53 Å². The van der Waals surface area contributed by atoms with E-state index >= 15 is 0 Å². The number of methoxy groups -OCH3 is 1. The number of carbonyl (C=O) groups excluding carboxylic acids is 1. The van der Waals surface area contributed by atoms with Crippen LogP contribution < -0.4 is 21.1 Å². The molecule has 0 atom stereocenters. The molecule has 2 rings (SSSR count). The van der Waals surface area contributed by atoms with Crippen molar-refractivity contribution in [2.75, 3.05) is 23.5 Å². The standard InChI is InChI=1S/C15H17N3O2/c1-10-6-7-14(20-2)13(8-10)18-15(19)17-12-5-3-4-11(16)9-12/h3-9H,16H2,1-2H3,(H2,17,18,19). The lowest BCUT2D eigenvalue weighted by atomic mass is 10.2. The highest BCUT2D eigenvalue weighted by Crippen LogP contribution is 2.25. The summed E-state index contributed by atoms with van der Waals surface area (Å²) in [5, 5.41) is 5.47. The number of anilines is 3. The molecule has 5 nitrogen and oxygen atoms in total. The molecule has 0 radical (unpaired) electrons. The summed E-state index contributed by atoms with van der Waals surface area (Å²) in [6.07, 6.45) is 0. The zero-order valence-corrected chi connectivity index (χ0v) is 11.4. The number of aryl methyl sites for hydroxylation is 1. The van der Waals surface area contributed by atoms with Gasteiger partial charge in [-0.15, -0.1) is 0 Å². The maximum Gasteiger partial charge on any atom is 0.323 e. The minimum Gasteiger partial charge on any atom is -0.495 e. The Labute approximate surface area is 117 Å². The molecule has 0 spiro atoms. The predicted molar refractivity (Wildman–Crippen MR) is 81.2 cm³/mol. The maximum atomic E-state index is 12.0. The van der Waals surface area contributed by atoms with Crippen LogP contribution in [0.25, 0.3) is 0 Å². The van der Waals surface area contributed by atoms with Gasteiger partial charge in [0, 0.05) is 11.4 Å². The van der Waals surface area contributed by atoms with Crippen molar-refractivity contribution in [3.8, 4) is 5.75 Å². The van der Waals surface area contributed by atoms with E-state index in [1.54, 1.807) is 31.4 Å². The van der Waals surface area contributed by atoms with Crippen molar-refractivity contribution in [2.45, 2.75) is 6.92 Å². The Hall–Kier alpha value is -2.69. The molecular weight excluding hydrogens is 254 g/mol. The first-order valence-corrected chi connectivity index (χ1v) is 6.16. The van der Waals surface area contributed by atoms with Crippen LogP contribution >= 0.6 is 0 Å². The molecule has 4 N–H and O–H groups in total. The first kappa shape index (κ1) is 13.7. The molecule has 2 amide bonds. The summed E-state index contributed by atoms with van der Waals surface area (Å²) in [5.74, 6) is 0.610. The van der Waals surface area contributed by atoms with Gasteiger partial charge < -0.3 is 21.1 Å². The number of benzene rings is 2. The average molecular weight is 271 g/mol. The maximum absolute atomic E-state index is 12.0. The van der Waals surface area contributed by atoms with Gasteiger partial charge in [0.2, 0.25) is 0 Å². The van der Waals surface area contributed by atoms with Crippen molar-refractivity contribution >= 4 is 23.1 Å². The normalized spacial score (nSPS) is 9.90. The van der Waals surface area contributed by atoms with Gasteiger partial charge in [0.1, 0.15) is 5.75 Å². The van der Waals surface area contributed by atoms with E-state index < -0.39 is 0 Å². The Balaban J connectivity index is 2.10. The second kappa shape index (κ2) is 5.97. The zero-order chi connectivity index (χ0) is 14.5. The molecule has 0 aliphatic rings. The number of amides is 2. The number of hydrogen-bond donors (Lipinski definition) is 3. The van der Waals surface area contributed by atoms with Crippen LogP contribution in [-0.4, -0.2) is 13.1 Å². The monoisotopic (exact) mass is 271 g/mol. The number of carbonyl (C=O) groups is 1. The Morgan fingerprint density at radius 3 is 2.65 bits per heavy atom. The minimum absolute atomic E-state index is 0.348. The van der Waals surface area contributed by atoms with Crippen molar-refractivity contribution in [2.24, 2.45) is 0 Å². The van der Waals surface area contributed by atoms with Crippen LogP contribution in [0.1, 0.15) is 5.56 Å². The molecule has 0 aliphatic carbocycles. The highest BCUT2D eigenvalue weighted by Gasteiger charge is 2.08. The fourth-order valence-electron chi connectivity index (χ4n) is 1.82. The molecule has 0 saturated heterocycles. The van der Waals surface area contributed by atoms with Crippen LogP contribution in [0, 0.1) is 6.92 Å². The Bertz CT molecular complexity index is 626. The lowest BCUT2D eigenvalue weighted by molar-refractivity contribution is 0.262. The van der Waals surface area contributed by atoms with E-state index in [0.717, 1.165) is 5.56 Å². The van der Waals surface area contributed by atoms with Gasteiger partial charge in [0.25, 0.3) is 0 Å². The number of nitrogens with one attached hydrogen (secondary N) is 2. The van der Waals surface area contributed by atoms with E-state index in [1.807, 2.05) is 25.1 Å². The largest absolute Gasteiger partial charge is 0.495 e. The van der Waals surface area contributed by atoms with E-state index in [-0.39, 0.29) is 6.03 Å². The van der Waals surface area contributed by atoms with Gasteiger partial charge in [-0.3, -0.25) is 0 Å². The summed E-state index contributed by atoms with van der Waals surface area (Å²) in [6.45, 7) is 1.94. The van der Waals surface area contributed by atoms with E-state index in [9.17, 15) is 4.79 Å². The van der Waals surface area contributed by atoms with Crippen molar-refractivity contribution in [3.63, 3.8) is 0 Å². The summed E-state index contributed by atoms with van der Waals surface area (Å²) in [6, 6.07) is 12.2. The van der Waals surface area contributed by atoms with Crippen LogP contribution in [0.15, 0.2) is 42.5 Å². The molecule has 0 bridgehead atoms. The first-order valence-electron chi connectivity index (χ1n) is 6.16. The van der Waals surface area contributed by atoms with Crippen LogP contribution in [0.4, 0.5) is 21.9 Å². The molecule has 0 heterocycles. The van der Waals surface area contributed by atoms with Crippen LogP contribution in [0.5, 0.6) is 5.75 Å². The zero-order valence-electron chi connectivity index (χ0n) is 11.4. The van der Waals surface area contributed by atoms with E-state index in [2.05, 4.69) is 10.6 Å². The molecule has 2 aromatic rings. The smallest absolute Gasteiger partial charge is 0.323 e. The first-order chi connectivity index (χ1) is 9.58. The highest BCUT2D eigenvalue weighted by molar-refractivity contribution is 6.00. The second-order valence-electron chi connectivity index (χ2n) is 4.41. The topological polar surface area (TPSA) is 76.4 Å². The van der Waals surface area contributed by atoms with E-state index in [1.165, 1.54) is 0 Å². The molecule has 0 unspecified atom stereocenters. The molecule has 0 aromatic heterocycles. The molecular formula is C15H17N3O2. The van der Waals surface area contributed by atoms with Gasteiger partial charge in [-0.1, -0.05) is 12.1 Å². The van der Waals surface area contributed by atoms with E-state index in [4.69, 9.17) is 10.5 Å². The van der Waals surface area contributed by atoms with Crippen molar-refractivity contribution in [1.82, 2.24) is 0 Å². The van der Waals surface area contributed by atoms with Gasteiger partial charge >= 0.3 is 6.03 Å². The number of ether oxygens (including phenoxy) is 1. The summed E-state index contributed by atoms with van der Waals surface area (Å²) in [4.78, 5) is 12.0. The third kappa shape index (κ3) is 3.41. The van der Waals surface area contributed by atoms with Crippen LogP contribution in [0.3, 0.4) is 0 Å². The second-order valence-corrected chi connectivity index (χ2v) is 4.41. The SMILES string of the molecule is COc1ccc(C)cc1NC(=O)Nc1cccc(N)c1. The van der Waals surface area contributed by atoms with Gasteiger partial charge in [0.05, 0.1) is 12.8 Å². The van der Waals surface area contributed by atoms with Crippen LogP contribution in [-0.2, 0) is 0 Å². The van der Waals surface area contributed by atoms with Gasteiger partial charge in [-0.2, -0.15) is 0 Å². The van der Waals surface area contributed by atoms with Gasteiger partial charge in [-0.05, 0) is 42.8 Å².